The third-order valence-electron chi connectivity index (χ3n) is 5.04. The van der Waals surface area contributed by atoms with Crippen molar-refractivity contribution in [3.63, 3.8) is 0 Å². The van der Waals surface area contributed by atoms with Gasteiger partial charge in [0.05, 0.1) is 11.3 Å². The van der Waals surface area contributed by atoms with Crippen LogP contribution < -0.4 is 15.1 Å². The fourth-order valence-electron chi connectivity index (χ4n) is 3.69. The lowest BCUT2D eigenvalue weighted by atomic mass is 10.0. The van der Waals surface area contributed by atoms with Crippen molar-refractivity contribution in [1.29, 1.82) is 0 Å². The largest absolute Gasteiger partial charge is 0.325 e. The first-order valence-electron chi connectivity index (χ1n) is 10.1. The van der Waals surface area contributed by atoms with Crippen LogP contribution in [0.3, 0.4) is 0 Å². The summed E-state index contributed by atoms with van der Waals surface area (Å²) in [4.78, 5) is 34.9. The number of H-pyrrole nitrogens is 1. The molecule has 1 amide bonds. The Hall–Kier alpha value is -3.00. The van der Waals surface area contributed by atoms with E-state index in [-0.39, 0.29) is 11.5 Å². The molecule has 1 atom stereocenters. The quantitative estimate of drug-likeness (QED) is 0.374. The lowest BCUT2D eigenvalue weighted by Crippen LogP contribution is -2.60. The number of aromatic amines is 1. The Balaban J connectivity index is 1.90. The van der Waals surface area contributed by atoms with Crippen LogP contribution in [0.4, 0.5) is 5.69 Å². The van der Waals surface area contributed by atoms with E-state index in [1.807, 2.05) is 42.5 Å². The summed E-state index contributed by atoms with van der Waals surface area (Å²) < 4.78 is 1.65. The number of thioether (sulfide) groups is 1. The molecule has 0 aliphatic carbocycles. The van der Waals surface area contributed by atoms with Gasteiger partial charge in [-0.1, -0.05) is 49.7 Å². The molecule has 154 valence electrons. The third kappa shape index (κ3) is 3.75. The molecule has 7 nitrogen and oxygen atoms in total. The van der Waals surface area contributed by atoms with Crippen molar-refractivity contribution >= 4 is 23.4 Å². The SMILES string of the molecule is CCCCCSc1n[n+]2c(c(=O)[nH]1)-c1ccccc1N(C(C)=O)C2c1ccccn1. The molecular weight excluding hydrogens is 398 g/mol. The number of para-hydroxylation sites is 1. The highest BCUT2D eigenvalue weighted by atomic mass is 32.2. The Morgan fingerprint density at radius 1 is 1.20 bits per heavy atom. The Bertz CT molecular complexity index is 1120. The van der Waals surface area contributed by atoms with Crippen molar-refractivity contribution < 1.29 is 9.48 Å². The Kier molecular flexibility index (Phi) is 5.94. The summed E-state index contributed by atoms with van der Waals surface area (Å²) in [6, 6.07) is 13.0. The van der Waals surface area contributed by atoms with Crippen molar-refractivity contribution in [3.05, 3.63) is 64.7 Å². The monoisotopic (exact) mass is 422 g/mol. The van der Waals surface area contributed by atoms with Gasteiger partial charge in [-0.15, -0.1) is 0 Å². The van der Waals surface area contributed by atoms with Gasteiger partial charge in [0, 0.05) is 24.0 Å². The molecule has 0 saturated heterocycles. The molecule has 0 spiro atoms. The molecule has 0 bridgehead atoms. The molecule has 1 unspecified atom stereocenters. The van der Waals surface area contributed by atoms with Crippen LogP contribution in [-0.4, -0.2) is 26.7 Å². The number of pyridine rings is 1. The van der Waals surface area contributed by atoms with Gasteiger partial charge < -0.3 is 0 Å². The van der Waals surface area contributed by atoms with Crippen molar-refractivity contribution in [3.8, 4) is 11.3 Å². The summed E-state index contributed by atoms with van der Waals surface area (Å²) in [5.41, 5.74) is 2.21. The van der Waals surface area contributed by atoms with E-state index in [1.54, 1.807) is 15.8 Å². The van der Waals surface area contributed by atoms with E-state index in [2.05, 4.69) is 16.9 Å². The van der Waals surface area contributed by atoms with E-state index in [0.29, 0.717) is 27.8 Å². The van der Waals surface area contributed by atoms with Gasteiger partial charge in [-0.3, -0.25) is 19.6 Å². The Morgan fingerprint density at radius 3 is 2.73 bits per heavy atom. The van der Waals surface area contributed by atoms with Gasteiger partial charge in [-0.05, 0) is 35.4 Å². The fourth-order valence-corrected chi connectivity index (χ4v) is 4.55. The van der Waals surface area contributed by atoms with Crippen LogP contribution in [0.15, 0.2) is 58.6 Å². The van der Waals surface area contributed by atoms with Crippen molar-refractivity contribution in [2.75, 3.05) is 10.7 Å². The number of unbranched alkanes of at least 4 members (excludes halogenated alkanes) is 2. The first-order chi connectivity index (χ1) is 14.6. The second-order valence-corrected chi connectivity index (χ2v) is 8.23. The predicted molar refractivity (Wildman–Crippen MR) is 116 cm³/mol. The lowest BCUT2D eigenvalue weighted by molar-refractivity contribution is -0.763. The van der Waals surface area contributed by atoms with Gasteiger partial charge in [0.25, 0.3) is 0 Å². The normalized spacial score (nSPS) is 14.9. The number of benzene rings is 1. The number of nitrogens with zero attached hydrogens (tertiary/aromatic N) is 4. The summed E-state index contributed by atoms with van der Waals surface area (Å²) >= 11 is 1.52. The number of fused-ring (bicyclic) bond motifs is 3. The van der Waals surface area contributed by atoms with E-state index in [1.165, 1.54) is 18.7 Å². The van der Waals surface area contributed by atoms with Crippen LogP contribution in [0.2, 0.25) is 0 Å². The average Bonchev–Trinajstić information content (AvgIpc) is 2.76. The molecule has 1 aliphatic heterocycles. The molecule has 2 aromatic heterocycles. The number of anilines is 1. The number of carbonyl (C=O) groups is 1. The van der Waals surface area contributed by atoms with E-state index in [9.17, 15) is 9.59 Å². The highest BCUT2D eigenvalue weighted by molar-refractivity contribution is 7.99. The minimum absolute atomic E-state index is 0.143. The molecule has 1 aliphatic rings. The van der Waals surface area contributed by atoms with Crippen LogP contribution >= 0.6 is 11.8 Å². The molecule has 8 heteroatoms. The standard InChI is InChI=1S/C22H23N5O2S/c1-3-4-9-14-30-22-24-20(29)19-16-10-5-6-12-18(16)26(15(2)28)21(27(19)25-22)17-11-7-8-13-23-17/h5-8,10-13,21H,3-4,9,14H2,1-2H3/p+1. The number of carbonyl (C=O) groups excluding carboxylic acids is 1. The van der Waals surface area contributed by atoms with Gasteiger partial charge >= 0.3 is 17.4 Å². The van der Waals surface area contributed by atoms with Crippen LogP contribution in [0.1, 0.15) is 45.0 Å². The molecule has 0 saturated carbocycles. The smallest absolute Gasteiger partial charge is 0.291 e. The summed E-state index contributed by atoms with van der Waals surface area (Å²) in [6.07, 6.45) is 4.37. The second kappa shape index (κ2) is 8.79. The van der Waals surface area contributed by atoms with Crippen LogP contribution in [0.5, 0.6) is 0 Å². The summed E-state index contributed by atoms with van der Waals surface area (Å²) in [6.45, 7) is 3.68. The predicted octanol–water partition coefficient (Wildman–Crippen LogP) is 3.32. The Labute approximate surface area is 179 Å². The minimum atomic E-state index is -0.633. The van der Waals surface area contributed by atoms with Crippen LogP contribution in [0.25, 0.3) is 11.3 Å². The summed E-state index contributed by atoms with van der Waals surface area (Å²) in [5, 5.41) is 5.30. The van der Waals surface area contributed by atoms with E-state index in [0.717, 1.165) is 25.0 Å². The van der Waals surface area contributed by atoms with E-state index >= 15 is 0 Å². The van der Waals surface area contributed by atoms with Gasteiger partial charge in [0.1, 0.15) is 5.69 Å². The number of hydrogen-bond acceptors (Lipinski definition) is 5. The third-order valence-corrected chi connectivity index (χ3v) is 5.99. The zero-order valence-corrected chi connectivity index (χ0v) is 17.9. The first-order valence-corrected chi connectivity index (χ1v) is 11.1. The number of nitrogens with one attached hydrogen (secondary N) is 1. The van der Waals surface area contributed by atoms with Gasteiger partial charge in [0.15, 0.2) is 0 Å². The van der Waals surface area contributed by atoms with Crippen molar-refractivity contribution in [2.45, 2.75) is 44.4 Å². The highest BCUT2D eigenvalue weighted by Gasteiger charge is 2.45. The zero-order valence-electron chi connectivity index (χ0n) is 17.0. The summed E-state index contributed by atoms with van der Waals surface area (Å²) in [5.74, 6) is 0.729. The molecule has 4 rings (SSSR count). The fraction of sp³-hybridized carbons (Fsp3) is 0.318. The average molecular weight is 423 g/mol. The minimum Gasteiger partial charge on any atom is -0.291 e. The number of rotatable bonds is 6. The molecule has 3 heterocycles. The maximum Gasteiger partial charge on any atom is 0.325 e. The summed E-state index contributed by atoms with van der Waals surface area (Å²) in [7, 11) is 0. The van der Waals surface area contributed by atoms with Gasteiger partial charge in [-0.25, -0.2) is 4.90 Å². The van der Waals surface area contributed by atoms with Crippen molar-refractivity contribution in [1.82, 2.24) is 15.1 Å². The Morgan fingerprint density at radius 2 is 2.00 bits per heavy atom. The number of aromatic nitrogens is 4. The molecule has 1 N–H and O–H groups in total. The maximum absolute atomic E-state index is 13.1. The molecule has 30 heavy (non-hydrogen) atoms. The van der Waals surface area contributed by atoms with Crippen LogP contribution in [-0.2, 0) is 4.79 Å². The van der Waals surface area contributed by atoms with Crippen LogP contribution in [0, 0.1) is 0 Å². The topological polar surface area (TPSA) is 82.8 Å². The van der Waals surface area contributed by atoms with Gasteiger partial charge in [-0.2, -0.15) is 0 Å². The van der Waals surface area contributed by atoms with Gasteiger partial charge in [0.2, 0.25) is 11.1 Å². The zero-order chi connectivity index (χ0) is 21.1. The maximum atomic E-state index is 13.1. The second-order valence-electron chi connectivity index (χ2n) is 7.14. The van der Waals surface area contributed by atoms with E-state index < -0.39 is 6.17 Å². The van der Waals surface area contributed by atoms with E-state index in [4.69, 9.17) is 5.10 Å². The molecule has 0 fully saturated rings. The number of hydrogen-bond donors (Lipinski definition) is 1. The van der Waals surface area contributed by atoms with Crippen molar-refractivity contribution in [2.24, 2.45) is 0 Å². The molecule has 1 aromatic carbocycles. The first kappa shape index (κ1) is 20.3. The number of amides is 1. The molecule has 0 radical (unpaired) electrons. The lowest BCUT2D eigenvalue weighted by Gasteiger charge is -2.30. The highest BCUT2D eigenvalue weighted by Crippen LogP contribution is 2.36. The molecular formula is C22H24N5O2S+. The molecule has 3 aromatic rings.